The van der Waals surface area contributed by atoms with Gasteiger partial charge in [0.25, 0.3) is 5.91 Å². The zero-order valence-electron chi connectivity index (χ0n) is 13.4. The Balaban J connectivity index is 1.84. The fraction of sp³-hybridized carbons (Fsp3) is 0.222. The van der Waals surface area contributed by atoms with Crippen LogP contribution in [0.2, 0.25) is 0 Å². The third kappa shape index (κ3) is 3.17. The number of ether oxygens (including phenoxy) is 3. The van der Waals surface area contributed by atoms with Gasteiger partial charge in [-0.3, -0.25) is 4.79 Å². The molecule has 2 aromatic rings. The average molecular weight is 327 g/mol. The van der Waals surface area contributed by atoms with E-state index in [-0.39, 0.29) is 12.7 Å². The van der Waals surface area contributed by atoms with Gasteiger partial charge in [0.05, 0.1) is 5.56 Å². The van der Waals surface area contributed by atoms with Crippen molar-refractivity contribution in [2.24, 2.45) is 0 Å². The maximum atomic E-state index is 12.5. The minimum absolute atomic E-state index is 0.125. The summed E-state index contributed by atoms with van der Waals surface area (Å²) in [5, 5.41) is 0. The lowest BCUT2D eigenvalue weighted by Gasteiger charge is -2.21. The second-order valence-corrected chi connectivity index (χ2v) is 5.50. The number of carbonyl (C=O) groups excluding carboxylic acids is 2. The van der Waals surface area contributed by atoms with Crippen LogP contribution in [-0.2, 0) is 9.53 Å². The Bertz CT molecular complexity index is 757. The monoisotopic (exact) mass is 327 g/mol. The van der Waals surface area contributed by atoms with Gasteiger partial charge in [0.2, 0.25) is 12.9 Å². The number of benzene rings is 2. The summed E-state index contributed by atoms with van der Waals surface area (Å²) < 4.78 is 16.0. The third-order valence-corrected chi connectivity index (χ3v) is 3.60. The fourth-order valence-electron chi connectivity index (χ4n) is 2.32. The summed E-state index contributed by atoms with van der Waals surface area (Å²) in [4.78, 5) is 26.3. The van der Waals surface area contributed by atoms with Crippen LogP contribution in [0.1, 0.15) is 22.0 Å². The van der Waals surface area contributed by atoms with Crippen LogP contribution in [0.5, 0.6) is 11.5 Å². The van der Waals surface area contributed by atoms with Crippen LogP contribution in [0.3, 0.4) is 0 Å². The van der Waals surface area contributed by atoms with Crippen molar-refractivity contribution in [3.8, 4) is 11.5 Å². The molecule has 1 atom stereocenters. The van der Waals surface area contributed by atoms with E-state index >= 15 is 0 Å². The van der Waals surface area contributed by atoms with Crippen molar-refractivity contribution >= 4 is 11.9 Å². The lowest BCUT2D eigenvalue weighted by Crippen LogP contribution is -2.31. The minimum Gasteiger partial charge on any atom is -0.454 e. The molecule has 0 spiro atoms. The second kappa shape index (κ2) is 6.62. The van der Waals surface area contributed by atoms with Crippen LogP contribution in [0.4, 0.5) is 0 Å². The Morgan fingerprint density at radius 1 is 1.04 bits per heavy atom. The van der Waals surface area contributed by atoms with Crippen molar-refractivity contribution < 1.29 is 23.8 Å². The van der Waals surface area contributed by atoms with E-state index in [1.54, 1.807) is 56.6 Å². The summed E-state index contributed by atoms with van der Waals surface area (Å²) in [7, 11) is 3.24. The van der Waals surface area contributed by atoms with Crippen LogP contribution in [-0.4, -0.2) is 37.7 Å². The molecule has 1 amide bonds. The van der Waals surface area contributed by atoms with Crippen molar-refractivity contribution in [2.75, 3.05) is 20.9 Å². The van der Waals surface area contributed by atoms with Crippen LogP contribution < -0.4 is 9.47 Å². The molecule has 0 unspecified atom stereocenters. The third-order valence-electron chi connectivity index (χ3n) is 3.60. The topological polar surface area (TPSA) is 65.1 Å². The molecule has 3 rings (SSSR count). The molecule has 0 saturated heterocycles. The van der Waals surface area contributed by atoms with Gasteiger partial charge < -0.3 is 19.1 Å². The normalized spacial score (nSPS) is 13.2. The summed E-state index contributed by atoms with van der Waals surface area (Å²) in [6.45, 7) is 0.125. The Hall–Kier alpha value is -3.02. The van der Waals surface area contributed by atoms with Gasteiger partial charge in [0.1, 0.15) is 0 Å². The highest BCUT2D eigenvalue weighted by Crippen LogP contribution is 2.33. The molecule has 0 N–H and O–H groups in total. The van der Waals surface area contributed by atoms with E-state index in [0.717, 1.165) is 0 Å². The second-order valence-electron chi connectivity index (χ2n) is 5.50. The van der Waals surface area contributed by atoms with Crippen molar-refractivity contribution in [2.45, 2.75) is 6.10 Å². The smallest absolute Gasteiger partial charge is 0.339 e. The van der Waals surface area contributed by atoms with E-state index in [4.69, 9.17) is 14.2 Å². The predicted molar refractivity (Wildman–Crippen MR) is 85.9 cm³/mol. The maximum Gasteiger partial charge on any atom is 0.339 e. The molecule has 0 saturated carbocycles. The first-order valence-corrected chi connectivity index (χ1v) is 7.43. The first-order valence-electron chi connectivity index (χ1n) is 7.43. The van der Waals surface area contributed by atoms with Gasteiger partial charge in [-0.1, -0.05) is 30.3 Å². The fourth-order valence-corrected chi connectivity index (χ4v) is 2.32. The molecule has 0 radical (unpaired) electrons. The number of hydrogen-bond donors (Lipinski definition) is 0. The van der Waals surface area contributed by atoms with E-state index in [2.05, 4.69) is 0 Å². The molecule has 0 fully saturated rings. The Morgan fingerprint density at radius 3 is 2.46 bits per heavy atom. The number of carbonyl (C=O) groups is 2. The molecule has 2 aromatic carbocycles. The quantitative estimate of drug-likeness (QED) is 0.807. The van der Waals surface area contributed by atoms with Crippen molar-refractivity contribution in [1.82, 2.24) is 4.90 Å². The zero-order chi connectivity index (χ0) is 17.1. The van der Waals surface area contributed by atoms with Gasteiger partial charge in [0.15, 0.2) is 11.5 Å². The largest absolute Gasteiger partial charge is 0.454 e. The SMILES string of the molecule is CN(C)C(=O)[C@H](OC(=O)c1ccc2c(c1)OCO2)c1ccccc1. The molecule has 0 aromatic heterocycles. The van der Waals surface area contributed by atoms with E-state index in [0.29, 0.717) is 22.6 Å². The Kier molecular flexibility index (Phi) is 4.37. The van der Waals surface area contributed by atoms with Crippen LogP contribution in [0.15, 0.2) is 48.5 Å². The summed E-state index contributed by atoms with van der Waals surface area (Å²) in [5.74, 6) is 0.155. The Labute approximate surface area is 139 Å². The van der Waals surface area contributed by atoms with Crippen molar-refractivity contribution in [1.29, 1.82) is 0 Å². The van der Waals surface area contributed by atoms with Crippen LogP contribution >= 0.6 is 0 Å². The van der Waals surface area contributed by atoms with Crippen molar-refractivity contribution in [3.63, 3.8) is 0 Å². The number of nitrogens with zero attached hydrogens (tertiary/aromatic N) is 1. The average Bonchev–Trinajstić information content (AvgIpc) is 3.07. The lowest BCUT2D eigenvalue weighted by atomic mass is 10.1. The van der Waals surface area contributed by atoms with E-state index < -0.39 is 12.1 Å². The number of rotatable bonds is 4. The summed E-state index contributed by atoms with van der Waals surface area (Å²) >= 11 is 0. The van der Waals surface area contributed by atoms with Gasteiger partial charge in [-0.25, -0.2) is 4.79 Å². The Morgan fingerprint density at radius 2 is 1.75 bits per heavy atom. The van der Waals surface area contributed by atoms with Crippen LogP contribution in [0, 0.1) is 0 Å². The highest BCUT2D eigenvalue weighted by atomic mass is 16.7. The van der Waals surface area contributed by atoms with Gasteiger partial charge >= 0.3 is 5.97 Å². The molecule has 6 nitrogen and oxygen atoms in total. The molecular formula is C18H17NO5. The highest BCUT2D eigenvalue weighted by Gasteiger charge is 2.27. The van der Waals surface area contributed by atoms with Gasteiger partial charge in [-0.2, -0.15) is 0 Å². The number of likely N-dealkylation sites (N-methyl/N-ethyl adjacent to an activating group) is 1. The maximum absolute atomic E-state index is 12.5. The number of fused-ring (bicyclic) bond motifs is 1. The lowest BCUT2D eigenvalue weighted by molar-refractivity contribution is -0.138. The van der Waals surface area contributed by atoms with E-state index in [1.165, 1.54) is 4.90 Å². The highest BCUT2D eigenvalue weighted by molar-refractivity contribution is 5.93. The van der Waals surface area contributed by atoms with Gasteiger partial charge in [-0.15, -0.1) is 0 Å². The molecule has 1 heterocycles. The first kappa shape index (κ1) is 15.9. The van der Waals surface area contributed by atoms with Gasteiger partial charge in [0, 0.05) is 19.7 Å². The van der Waals surface area contributed by atoms with E-state index in [1.807, 2.05) is 6.07 Å². The molecule has 0 bridgehead atoms. The molecule has 1 aliphatic heterocycles. The molecule has 1 aliphatic rings. The number of amides is 1. The predicted octanol–water partition coefficient (Wildman–Crippen LogP) is 2.40. The standard InChI is InChI=1S/C18H17NO5/c1-19(2)17(20)16(12-6-4-3-5-7-12)24-18(21)13-8-9-14-15(10-13)23-11-22-14/h3-10,16H,11H2,1-2H3/t16-/m1/s1. The zero-order valence-corrected chi connectivity index (χ0v) is 13.4. The molecule has 24 heavy (non-hydrogen) atoms. The molecule has 6 heteroatoms. The number of esters is 1. The molecule has 0 aliphatic carbocycles. The minimum atomic E-state index is -1.00. The van der Waals surface area contributed by atoms with Crippen molar-refractivity contribution in [3.05, 3.63) is 59.7 Å². The molecular weight excluding hydrogens is 310 g/mol. The summed E-state index contributed by atoms with van der Waals surface area (Å²) in [6, 6.07) is 13.7. The summed E-state index contributed by atoms with van der Waals surface area (Å²) in [5.41, 5.74) is 0.914. The molecule has 124 valence electrons. The number of hydrogen-bond acceptors (Lipinski definition) is 5. The first-order chi connectivity index (χ1) is 11.6. The van der Waals surface area contributed by atoms with E-state index in [9.17, 15) is 9.59 Å². The van der Waals surface area contributed by atoms with Crippen LogP contribution in [0.25, 0.3) is 0 Å². The summed E-state index contributed by atoms with van der Waals surface area (Å²) in [6.07, 6.45) is -1.00. The van der Waals surface area contributed by atoms with Gasteiger partial charge in [-0.05, 0) is 18.2 Å².